The van der Waals surface area contributed by atoms with Crippen molar-refractivity contribution in [3.05, 3.63) is 131 Å². The molecule has 0 saturated heterocycles. The largest absolute Gasteiger partial charge is 0.350 e. The summed E-state index contributed by atoms with van der Waals surface area (Å²) in [5, 5.41) is 2.98. The number of hydrogen-bond acceptors (Lipinski definition) is 5. The molecule has 0 bridgehead atoms. The molecule has 10 heteroatoms. The van der Waals surface area contributed by atoms with Gasteiger partial charge in [-0.1, -0.05) is 54.6 Å². The summed E-state index contributed by atoms with van der Waals surface area (Å²) in [7, 11) is -3.57. The maximum atomic E-state index is 13.9. The summed E-state index contributed by atoms with van der Waals surface area (Å²) in [6.07, 6.45) is 5.73. The van der Waals surface area contributed by atoms with Gasteiger partial charge in [-0.15, -0.1) is 0 Å². The Kier molecular flexibility index (Phi) is 10.1. The van der Waals surface area contributed by atoms with Crippen molar-refractivity contribution in [3.63, 3.8) is 0 Å². The highest BCUT2D eigenvalue weighted by Gasteiger charge is 2.31. The molecule has 0 spiro atoms. The molecule has 2 N–H and O–H groups in total. The summed E-state index contributed by atoms with van der Waals surface area (Å²) in [5.74, 6) is -0.944. The molecular formula is C34H35FN4O4S. The number of amides is 2. The van der Waals surface area contributed by atoms with E-state index in [0.29, 0.717) is 12.0 Å². The fourth-order valence-electron chi connectivity index (χ4n) is 4.87. The zero-order valence-electron chi connectivity index (χ0n) is 24.2. The zero-order chi connectivity index (χ0) is 30.9. The molecule has 0 radical (unpaired) electrons. The smallest absolute Gasteiger partial charge is 0.243 e. The number of rotatable bonds is 14. The fourth-order valence-corrected chi connectivity index (χ4v) is 6.17. The van der Waals surface area contributed by atoms with Gasteiger partial charge in [0.25, 0.3) is 0 Å². The van der Waals surface area contributed by atoms with E-state index in [2.05, 4.69) is 15.0 Å². The van der Waals surface area contributed by atoms with Crippen molar-refractivity contribution in [2.45, 2.75) is 62.2 Å². The van der Waals surface area contributed by atoms with Crippen LogP contribution in [0.2, 0.25) is 0 Å². The van der Waals surface area contributed by atoms with Crippen molar-refractivity contribution in [2.24, 2.45) is 0 Å². The average molecular weight is 615 g/mol. The first-order valence-corrected chi connectivity index (χ1v) is 16.1. The summed E-state index contributed by atoms with van der Waals surface area (Å²) in [5.41, 5.74) is 3.26. The van der Waals surface area contributed by atoms with Crippen LogP contribution in [0.4, 0.5) is 4.39 Å². The second-order valence-electron chi connectivity index (χ2n) is 11.0. The molecule has 1 atom stereocenters. The number of carbonyl (C=O) groups is 2. The molecule has 228 valence electrons. The Balaban J connectivity index is 1.36. The Morgan fingerprint density at radius 3 is 2.16 bits per heavy atom. The van der Waals surface area contributed by atoms with E-state index in [1.54, 1.807) is 53.7 Å². The second-order valence-corrected chi connectivity index (χ2v) is 12.7. The van der Waals surface area contributed by atoms with Crippen LogP contribution in [0, 0.1) is 5.82 Å². The van der Waals surface area contributed by atoms with Crippen molar-refractivity contribution < 1.29 is 22.4 Å². The van der Waals surface area contributed by atoms with Gasteiger partial charge in [-0.3, -0.25) is 14.6 Å². The van der Waals surface area contributed by atoms with Crippen molar-refractivity contribution >= 4 is 21.8 Å². The van der Waals surface area contributed by atoms with Crippen molar-refractivity contribution in [1.29, 1.82) is 0 Å². The van der Waals surface area contributed by atoms with E-state index in [0.717, 1.165) is 29.5 Å². The monoisotopic (exact) mass is 614 g/mol. The summed E-state index contributed by atoms with van der Waals surface area (Å²) < 4.78 is 41.5. The molecule has 1 aromatic heterocycles. The third-order valence-electron chi connectivity index (χ3n) is 7.51. The third kappa shape index (κ3) is 8.81. The van der Waals surface area contributed by atoms with Gasteiger partial charge in [0.2, 0.25) is 21.8 Å². The number of aryl methyl sites for hydroxylation is 1. The SMILES string of the molecule is O=C(NCc1ccncc1)[C@@H](Cc1ccccc1)N(Cc1ccc(F)cc1)C(=O)CCc1ccc(S(=O)(=O)NC2CC2)cc1. The lowest BCUT2D eigenvalue weighted by molar-refractivity contribution is -0.141. The van der Waals surface area contributed by atoms with Crippen LogP contribution < -0.4 is 10.0 Å². The number of pyridine rings is 1. The molecule has 0 unspecified atom stereocenters. The van der Waals surface area contributed by atoms with Gasteiger partial charge in [-0.25, -0.2) is 17.5 Å². The first kappa shape index (κ1) is 31.0. The molecule has 4 aromatic rings. The van der Waals surface area contributed by atoms with Crippen LogP contribution in [0.1, 0.15) is 41.5 Å². The lowest BCUT2D eigenvalue weighted by Crippen LogP contribution is -2.50. The molecular weight excluding hydrogens is 579 g/mol. The van der Waals surface area contributed by atoms with E-state index in [9.17, 15) is 22.4 Å². The molecule has 1 heterocycles. The Morgan fingerprint density at radius 1 is 0.841 bits per heavy atom. The Labute approximate surface area is 257 Å². The topological polar surface area (TPSA) is 108 Å². The molecule has 0 aliphatic heterocycles. The number of hydrogen-bond donors (Lipinski definition) is 2. The minimum atomic E-state index is -3.57. The lowest BCUT2D eigenvalue weighted by atomic mass is 10.0. The van der Waals surface area contributed by atoms with Crippen LogP contribution >= 0.6 is 0 Å². The van der Waals surface area contributed by atoms with Crippen molar-refractivity contribution in [3.8, 4) is 0 Å². The van der Waals surface area contributed by atoms with Gasteiger partial charge in [-0.05, 0) is 77.9 Å². The molecule has 3 aromatic carbocycles. The predicted octanol–water partition coefficient (Wildman–Crippen LogP) is 4.55. The minimum Gasteiger partial charge on any atom is -0.350 e. The molecule has 5 rings (SSSR count). The van der Waals surface area contributed by atoms with Gasteiger partial charge in [0, 0.05) is 44.4 Å². The van der Waals surface area contributed by atoms with E-state index in [-0.39, 0.29) is 54.5 Å². The summed E-state index contributed by atoms with van der Waals surface area (Å²) in [4.78, 5) is 33.4. The third-order valence-corrected chi connectivity index (χ3v) is 9.05. The predicted molar refractivity (Wildman–Crippen MR) is 165 cm³/mol. The number of nitrogens with zero attached hydrogens (tertiary/aromatic N) is 2. The van der Waals surface area contributed by atoms with Crippen LogP contribution in [-0.4, -0.2) is 42.2 Å². The van der Waals surface area contributed by atoms with Gasteiger partial charge in [-0.2, -0.15) is 0 Å². The standard InChI is InChI=1S/C34H35FN4O4S/c35-29-11-6-28(7-12-29)24-39(33(40)17-10-25-8-15-31(16-9-25)44(42,43)38-30-13-14-30)32(22-26-4-2-1-3-5-26)34(41)37-23-27-18-20-36-21-19-27/h1-9,11-12,15-16,18-21,30,32,38H,10,13-14,17,22-24H2,(H,37,41)/t32-/m1/s1. The molecule has 1 aliphatic rings. The van der Waals surface area contributed by atoms with E-state index >= 15 is 0 Å². The van der Waals surface area contributed by atoms with E-state index in [4.69, 9.17) is 0 Å². The van der Waals surface area contributed by atoms with Crippen LogP contribution in [0.3, 0.4) is 0 Å². The molecule has 2 amide bonds. The van der Waals surface area contributed by atoms with E-state index in [1.165, 1.54) is 12.1 Å². The fraction of sp³-hybridized carbons (Fsp3) is 0.265. The van der Waals surface area contributed by atoms with Crippen LogP contribution in [0.15, 0.2) is 108 Å². The normalized spacial score (nSPS) is 13.7. The molecule has 44 heavy (non-hydrogen) atoms. The van der Waals surface area contributed by atoms with Crippen molar-refractivity contribution in [2.75, 3.05) is 0 Å². The first-order valence-electron chi connectivity index (χ1n) is 14.6. The van der Waals surface area contributed by atoms with Crippen LogP contribution in [-0.2, 0) is 45.5 Å². The number of sulfonamides is 1. The van der Waals surface area contributed by atoms with Crippen LogP contribution in [0.25, 0.3) is 0 Å². The van der Waals surface area contributed by atoms with E-state index < -0.39 is 16.1 Å². The zero-order valence-corrected chi connectivity index (χ0v) is 25.0. The molecule has 1 saturated carbocycles. The van der Waals surface area contributed by atoms with Gasteiger partial charge in [0.15, 0.2) is 0 Å². The average Bonchev–Trinajstić information content (AvgIpc) is 3.86. The highest BCUT2D eigenvalue weighted by molar-refractivity contribution is 7.89. The number of aromatic nitrogens is 1. The van der Waals surface area contributed by atoms with Gasteiger partial charge in [0.1, 0.15) is 11.9 Å². The minimum absolute atomic E-state index is 0.00937. The highest BCUT2D eigenvalue weighted by atomic mass is 32.2. The number of benzene rings is 3. The first-order chi connectivity index (χ1) is 21.3. The maximum Gasteiger partial charge on any atom is 0.243 e. The summed E-state index contributed by atoms with van der Waals surface area (Å²) in [6.45, 7) is 0.388. The second kappa shape index (κ2) is 14.4. The highest BCUT2D eigenvalue weighted by Crippen LogP contribution is 2.23. The van der Waals surface area contributed by atoms with Crippen molar-refractivity contribution in [1.82, 2.24) is 19.9 Å². The Morgan fingerprint density at radius 2 is 1.50 bits per heavy atom. The lowest BCUT2D eigenvalue weighted by Gasteiger charge is -2.31. The number of carbonyl (C=O) groups excluding carboxylic acids is 2. The summed E-state index contributed by atoms with van der Waals surface area (Å²) >= 11 is 0. The number of nitrogens with one attached hydrogen (secondary N) is 2. The van der Waals surface area contributed by atoms with E-state index in [1.807, 2.05) is 42.5 Å². The van der Waals surface area contributed by atoms with Crippen LogP contribution in [0.5, 0.6) is 0 Å². The Hall–Kier alpha value is -4.41. The Bertz CT molecular complexity index is 1650. The maximum absolute atomic E-state index is 13.9. The quantitative estimate of drug-likeness (QED) is 0.217. The molecule has 8 nitrogen and oxygen atoms in total. The van der Waals surface area contributed by atoms with Gasteiger partial charge >= 0.3 is 0 Å². The molecule has 1 aliphatic carbocycles. The van der Waals surface area contributed by atoms with Gasteiger partial charge < -0.3 is 10.2 Å². The molecule has 1 fully saturated rings. The van der Waals surface area contributed by atoms with Gasteiger partial charge in [0.05, 0.1) is 4.90 Å². The summed E-state index contributed by atoms with van der Waals surface area (Å²) in [6, 6.07) is 24.7. The number of halogens is 1.